The normalized spacial score (nSPS) is 11.4. The SMILES string of the molecule is O=P(O)(O)CCCCCCc1ccc(N(c2ccccc2)c2ccccc2)cc1. The van der Waals surface area contributed by atoms with Gasteiger partial charge in [0, 0.05) is 23.2 Å². The minimum absolute atomic E-state index is 0.00347. The molecule has 0 aliphatic carbocycles. The zero-order chi connectivity index (χ0) is 20.5. The lowest BCUT2D eigenvalue weighted by Crippen LogP contribution is -2.09. The first-order valence-corrected chi connectivity index (χ1v) is 11.9. The first-order valence-electron chi connectivity index (χ1n) is 10.1. The van der Waals surface area contributed by atoms with E-state index in [0.29, 0.717) is 6.42 Å². The van der Waals surface area contributed by atoms with Crippen molar-refractivity contribution >= 4 is 24.7 Å². The van der Waals surface area contributed by atoms with Gasteiger partial charge in [0.15, 0.2) is 0 Å². The summed E-state index contributed by atoms with van der Waals surface area (Å²) < 4.78 is 10.9. The van der Waals surface area contributed by atoms with E-state index >= 15 is 0 Å². The van der Waals surface area contributed by atoms with Crippen LogP contribution in [0.2, 0.25) is 0 Å². The second-order valence-electron chi connectivity index (χ2n) is 7.23. The molecule has 3 aromatic rings. The first kappa shape index (κ1) is 21.3. The number of hydrogen-bond donors (Lipinski definition) is 2. The van der Waals surface area contributed by atoms with Crippen molar-refractivity contribution in [3.63, 3.8) is 0 Å². The molecule has 0 unspecified atom stereocenters. The third-order valence-corrected chi connectivity index (χ3v) is 5.79. The monoisotopic (exact) mass is 409 g/mol. The van der Waals surface area contributed by atoms with Crippen molar-refractivity contribution in [1.29, 1.82) is 0 Å². The predicted octanol–water partition coefficient (Wildman–Crippen LogP) is 6.44. The van der Waals surface area contributed by atoms with Crippen LogP contribution in [-0.4, -0.2) is 15.9 Å². The topological polar surface area (TPSA) is 60.8 Å². The van der Waals surface area contributed by atoms with Crippen LogP contribution in [0.1, 0.15) is 31.2 Å². The molecule has 0 spiro atoms. The van der Waals surface area contributed by atoms with Crippen molar-refractivity contribution in [1.82, 2.24) is 0 Å². The Hall–Kier alpha value is -2.39. The van der Waals surface area contributed by atoms with Crippen LogP contribution in [0, 0.1) is 0 Å². The molecular formula is C24H28NO3P. The van der Waals surface area contributed by atoms with Crippen LogP contribution in [-0.2, 0) is 11.0 Å². The highest BCUT2D eigenvalue weighted by molar-refractivity contribution is 7.51. The molecule has 4 nitrogen and oxygen atoms in total. The fourth-order valence-electron chi connectivity index (χ4n) is 3.41. The van der Waals surface area contributed by atoms with Gasteiger partial charge in [-0.1, -0.05) is 61.4 Å². The minimum Gasteiger partial charge on any atom is -0.324 e. The molecule has 0 radical (unpaired) electrons. The molecule has 0 aliphatic rings. The Balaban J connectivity index is 1.62. The van der Waals surface area contributed by atoms with Crippen molar-refractivity contribution < 1.29 is 14.4 Å². The van der Waals surface area contributed by atoms with Crippen LogP contribution >= 0.6 is 7.60 Å². The third kappa shape index (κ3) is 6.86. The second kappa shape index (κ2) is 10.4. The molecule has 0 amide bonds. The molecule has 0 saturated heterocycles. The fourth-order valence-corrected chi connectivity index (χ4v) is 4.05. The van der Waals surface area contributed by atoms with Crippen LogP contribution in [0.5, 0.6) is 0 Å². The summed E-state index contributed by atoms with van der Waals surface area (Å²) in [5.74, 6) is 0. The Morgan fingerprint density at radius 3 is 1.62 bits per heavy atom. The molecule has 29 heavy (non-hydrogen) atoms. The second-order valence-corrected chi connectivity index (χ2v) is 9.00. The maximum atomic E-state index is 10.9. The number of unbranched alkanes of at least 4 members (excludes halogenated alkanes) is 3. The number of rotatable bonds is 10. The molecule has 0 atom stereocenters. The largest absolute Gasteiger partial charge is 0.325 e. The van der Waals surface area contributed by atoms with Crippen molar-refractivity contribution in [3.8, 4) is 0 Å². The van der Waals surface area contributed by atoms with E-state index in [9.17, 15) is 4.57 Å². The summed E-state index contributed by atoms with van der Waals surface area (Å²) in [6.07, 6.45) is 4.44. The van der Waals surface area contributed by atoms with E-state index in [2.05, 4.69) is 53.4 Å². The molecule has 0 fully saturated rings. The zero-order valence-electron chi connectivity index (χ0n) is 16.5. The van der Waals surface area contributed by atoms with Gasteiger partial charge in [-0.2, -0.15) is 0 Å². The van der Waals surface area contributed by atoms with Gasteiger partial charge in [0.1, 0.15) is 0 Å². The Kier molecular flexibility index (Phi) is 7.65. The average Bonchev–Trinajstić information content (AvgIpc) is 2.73. The van der Waals surface area contributed by atoms with Gasteiger partial charge in [-0.3, -0.25) is 4.57 Å². The lowest BCUT2D eigenvalue weighted by Gasteiger charge is -2.25. The van der Waals surface area contributed by atoms with E-state index in [0.717, 1.165) is 42.7 Å². The Bertz CT molecular complexity index is 868. The van der Waals surface area contributed by atoms with Crippen LogP contribution in [0.4, 0.5) is 17.1 Å². The number of aryl methyl sites for hydroxylation is 1. The van der Waals surface area contributed by atoms with Gasteiger partial charge in [-0.25, -0.2) is 0 Å². The van der Waals surface area contributed by atoms with E-state index in [1.165, 1.54) is 5.56 Å². The molecule has 0 saturated carbocycles. The highest BCUT2D eigenvalue weighted by Crippen LogP contribution is 2.36. The van der Waals surface area contributed by atoms with Gasteiger partial charge >= 0.3 is 7.60 Å². The molecule has 0 heterocycles. The van der Waals surface area contributed by atoms with Crippen molar-refractivity contribution in [3.05, 3.63) is 90.5 Å². The minimum atomic E-state index is -3.84. The maximum absolute atomic E-state index is 10.9. The van der Waals surface area contributed by atoms with E-state index in [1.807, 2.05) is 36.4 Å². The lowest BCUT2D eigenvalue weighted by molar-refractivity contribution is 0.370. The number of hydrogen-bond acceptors (Lipinski definition) is 2. The summed E-state index contributed by atoms with van der Waals surface area (Å²) >= 11 is 0. The number of para-hydroxylation sites is 2. The van der Waals surface area contributed by atoms with Crippen LogP contribution in [0.15, 0.2) is 84.9 Å². The highest BCUT2D eigenvalue weighted by Gasteiger charge is 2.12. The molecule has 0 aliphatic heterocycles. The number of nitrogens with zero attached hydrogens (tertiary/aromatic N) is 1. The lowest BCUT2D eigenvalue weighted by atomic mass is 10.1. The van der Waals surface area contributed by atoms with Crippen LogP contribution in [0.25, 0.3) is 0 Å². The van der Waals surface area contributed by atoms with E-state index in [4.69, 9.17) is 9.79 Å². The number of anilines is 3. The Morgan fingerprint density at radius 2 is 1.10 bits per heavy atom. The molecule has 0 bridgehead atoms. The number of benzene rings is 3. The first-order chi connectivity index (χ1) is 14.0. The van der Waals surface area contributed by atoms with E-state index in [-0.39, 0.29) is 6.16 Å². The quantitative estimate of drug-likeness (QED) is 0.299. The van der Waals surface area contributed by atoms with E-state index < -0.39 is 7.60 Å². The smallest absolute Gasteiger partial charge is 0.324 e. The van der Waals surface area contributed by atoms with E-state index in [1.54, 1.807) is 0 Å². The molecule has 0 aromatic heterocycles. The van der Waals surface area contributed by atoms with Gasteiger partial charge in [-0.15, -0.1) is 0 Å². The summed E-state index contributed by atoms with van der Waals surface area (Å²) in [4.78, 5) is 20.0. The molecule has 2 N–H and O–H groups in total. The summed E-state index contributed by atoms with van der Waals surface area (Å²) in [6, 6.07) is 29.3. The third-order valence-electron chi connectivity index (χ3n) is 4.89. The van der Waals surface area contributed by atoms with Gasteiger partial charge in [0.2, 0.25) is 0 Å². The predicted molar refractivity (Wildman–Crippen MR) is 120 cm³/mol. The van der Waals surface area contributed by atoms with Crippen molar-refractivity contribution in [2.24, 2.45) is 0 Å². The van der Waals surface area contributed by atoms with Crippen LogP contribution < -0.4 is 4.90 Å². The van der Waals surface area contributed by atoms with Gasteiger partial charge < -0.3 is 14.7 Å². The zero-order valence-corrected chi connectivity index (χ0v) is 17.4. The molecule has 3 aromatic carbocycles. The summed E-state index contributed by atoms with van der Waals surface area (Å²) in [5, 5.41) is 0. The Labute approximate surface area is 173 Å². The molecule has 152 valence electrons. The molecule has 5 heteroatoms. The standard InChI is InChI=1S/C24H28NO3P/c26-29(27,28)20-10-2-1-5-11-21-16-18-24(19-17-21)25(22-12-6-3-7-13-22)23-14-8-4-9-15-23/h3-4,6-9,12-19H,1-2,5,10-11,20H2,(H2,26,27,28). The molecule has 3 rings (SSSR count). The summed E-state index contributed by atoms with van der Waals surface area (Å²) in [7, 11) is -3.84. The van der Waals surface area contributed by atoms with Crippen LogP contribution in [0.3, 0.4) is 0 Å². The maximum Gasteiger partial charge on any atom is 0.325 e. The van der Waals surface area contributed by atoms with Crippen molar-refractivity contribution in [2.75, 3.05) is 11.1 Å². The fraction of sp³-hybridized carbons (Fsp3) is 0.250. The summed E-state index contributed by atoms with van der Waals surface area (Å²) in [6.45, 7) is 0. The highest BCUT2D eigenvalue weighted by atomic mass is 31.2. The summed E-state index contributed by atoms with van der Waals surface area (Å²) in [5.41, 5.74) is 4.64. The van der Waals surface area contributed by atoms with Crippen molar-refractivity contribution in [2.45, 2.75) is 32.1 Å². The molecular weight excluding hydrogens is 381 g/mol. The van der Waals surface area contributed by atoms with Gasteiger partial charge in [0.25, 0.3) is 0 Å². The van der Waals surface area contributed by atoms with Gasteiger partial charge in [-0.05, 0) is 61.2 Å². The Morgan fingerprint density at radius 1 is 0.621 bits per heavy atom. The van der Waals surface area contributed by atoms with Gasteiger partial charge in [0.05, 0.1) is 0 Å². The average molecular weight is 409 g/mol.